The van der Waals surface area contributed by atoms with E-state index in [-0.39, 0.29) is 17.5 Å². The van der Waals surface area contributed by atoms with Crippen molar-refractivity contribution in [3.05, 3.63) is 35.9 Å². The summed E-state index contributed by atoms with van der Waals surface area (Å²) in [6.07, 6.45) is 0.697. The summed E-state index contributed by atoms with van der Waals surface area (Å²) in [5.74, 6) is 0.0979. The lowest BCUT2D eigenvalue weighted by Crippen LogP contribution is -2.65. The van der Waals surface area contributed by atoms with Gasteiger partial charge in [-0.3, -0.25) is 9.69 Å². The zero-order valence-electron chi connectivity index (χ0n) is 11.7. The van der Waals surface area contributed by atoms with Gasteiger partial charge < -0.3 is 11.1 Å². The summed E-state index contributed by atoms with van der Waals surface area (Å²) in [7, 11) is 0. The van der Waals surface area contributed by atoms with Gasteiger partial charge in [0.15, 0.2) is 0 Å². The molecule has 4 heteroatoms. The lowest BCUT2D eigenvalue weighted by atomic mass is 9.93. The molecule has 1 aliphatic heterocycles. The maximum absolute atomic E-state index is 12.1. The monoisotopic (exact) mass is 261 g/mol. The highest BCUT2D eigenvalue weighted by molar-refractivity contribution is 5.82. The first-order valence-corrected chi connectivity index (χ1v) is 6.83. The molecule has 1 atom stereocenters. The summed E-state index contributed by atoms with van der Waals surface area (Å²) in [5, 5.41) is 2.99. The van der Waals surface area contributed by atoms with Gasteiger partial charge in [0.1, 0.15) is 0 Å². The number of hydrogen-bond donors (Lipinski definition) is 2. The smallest absolute Gasteiger partial charge is 0.237 e. The third-order valence-electron chi connectivity index (χ3n) is 3.79. The molecule has 2 rings (SSSR count). The van der Waals surface area contributed by atoms with Crippen molar-refractivity contribution in [3.63, 3.8) is 0 Å². The van der Waals surface area contributed by atoms with E-state index in [1.807, 2.05) is 18.2 Å². The largest absolute Gasteiger partial charge is 0.353 e. The van der Waals surface area contributed by atoms with Gasteiger partial charge in [0.25, 0.3) is 0 Å². The molecule has 1 aromatic rings. The Kier molecular flexibility index (Phi) is 4.22. The molecule has 1 amide bonds. The number of carbonyl (C=O) groups is 1. The van der Waals surface area contributed by atoms with Crippen LogP contribution in [0, 0.1) is 0 Å². The summed E-state index contributed by atoms with van der Waals surface area (Å²) >= 11 is 0. The van der Waals surface area contributed by atoms with Gasteiger partial charge in [0.05, 0.1) is 6.04 Å². The van der Waals surface area contributed by atoms with Gasteiger partial charge in [-0.05, 0) is 32.4 Å². The zero-order chi connectivity index (χ0) is 13.9. The first-order valence-electron chi connectivity index (χ1n) is 6.83. The van der Waals surface area contributed by atoms with Crippen molar-refractivity contribution in [3.8, 4) is 0 Å². The van der Waals surface area contributed by atoms with Gasteiger partial charge in [-0.1, -0.05) is 30.3 Å². The second-order valence-electron chi connectivity index (χ2n) is 5.74. The van der Waals surface area contributed by atoms with E-state index in [0.717, 1.165) is 6.54 Å². The van der Waals surface area contributed by atoms with Crippen molar-refractivity contribution in [2.45, 2.75) is 38.4 Å². The average molecular weight is 261 g/mol. The average Bonchev–Trinajstić information content (AvgIpc) is 2.40. The minimum atomic E-state index is -0.131. The molecule has 0 spiro atoms. The van der Waals surface area contributed by atoms with Crippen molar-refractivity contribution in [2.75, 3.05) is 13.1 Å². The molecule has 0 aromatic heterocycles. The van der Waals surface area contributed by atoms with Crippen LogP contribution in [0.15, 0.2) is 30.3 Å². The molecule has 1 aliphatic rings. The minimum absolute atomic E-state index is 0.0520. The van der Waals surface area contributed by atoms with E-state index in [2.05, 4.69) is 36.2 Å². The van der Waals surface area contributed by atoms with Crippen LogP contribution in [-0.4, -0.2) is 35.5 Å². The Morgan fingerprint density at radius 1 is 1.37 bits per heavy atom. The Morgan fingerprint density at radius 3 is 2.68 bits per heavy atom. The van der Waals surface area contributed by atoms with E-state index in [1.165, 1.54) is 5.56 Å². The fourth-order valence-electron chi connectivity index (χ4n) is 2.64. The van der Waals surface area contributed by atoms with Crippen LogP contribution in [0.5, 0.6) is 0 Å². The van der Waals surface area contributed by atoms with Crippen LogP contribution in [0.1, 0.15) is 25.8 Å². The van der Waals surface area contributed by atoms with Gasteiger partial charge in [0, 0.05) is 18.6 Å². The predicted molar refractivity (Wildman–Crippen MR) is 76.5 cm³/mol. The lowest BCUT2D eigenvalue weighted by molar-refractivity contribution is -0.135. The number of rotatable bonds is 4. The van der Waals surface area contributed by atoms with Crippen LogP contribution in [-0.2, 0) is 11.3 Å². The van der Waals surface area contributed by atoms with Crippen LogP contribution in [0.3, 0.4) is 0 Å². The SMILES string of the molecule is CC1(C)CNC(=O)C(CCN)N1Cc1ccccc1. The quantitative estimate of drug-likeness (QED) is 0.854. The number of carbonyl (C=O) groups excluding carboxylic acids is 1. The maximum Gasteiger partial charge on any atom is 0.237 e. The van der Waals surface area contributed by atoms with Gasteiger partial charge >= 0.3 is 0 Å². The molecule has 3 N–H and O–H groups in total. The van der Waals surface area contributed by atoms with Crippen LogP contribution < -0.4 is 11.1 Å². The molecule has 1 fully saturated rings. The predicted octanol–water partition coefficient (Wildman–Crippen LogP) is 1.11. The van der Waals surface area contributed by atoms with E-state index in [9.17, 15) is 4.79 Å². The van der Waals surface area contributed by atoms with Crippen molar-refractivity contribution in [2.24, 2.45) is 5.73 Å². The second kappa shape index (κ2) is 5.72. The van der Waals surface area contributed by atoms with E-state index >= 15 is 0 Å². The number of piperazine rings is 1. The van der Waals surface area contributed by atoms with Gasteiger partial charge in [-0.2, -0.15) is 0 Å². The number of amides is 1. The molecule has 19 heavy (non-hydrogen) atoms. The summed E-state index contributed by atoms with van der Waals surface area (Å²) in [6.45, 7) is 6.32. The molecule has 0 saturated carbocycles. The van der Waals surface area contributed by atoms with Crippen molar-refractivity contribution >= 4 is 5.91 Å². The molecule has 0 bridgehead atoms. The van der Waals surface area contributed by atoms with E-state index in [1.54, 1.807) is 0 Å². The first-order chi connectivity index (χ1) is 9.04. The second-order valence-corrected chi connectivity index (χ2v) is 5.74. The summed E-state index contributed by atoms with van der Waals surface area (Å²) < 4.78 is 0. The molecule has 1 aromatic carbocycles. The maximum atomic E-state index is 12.1. The molecule has 0 aliphatic carbocycles. The zero-order valence-corrected chi connectivity index (χ0v) is 11.7. The summed E-state index contributed by atoms with van der Waals surface area (Å²) in [5.41, 5.74) is 6.84. The summed E-state index contributed by atoms with van der Waals surface area (Å²) in [4.78, 5) is 14.3. The molecular formula is C15H23N3O. The number of nitrogens with one attached hydrogen (secondary N) is 1. The Labute approximate surface area is 115 Å². The van der Waals surface area contributed by atoms with Crippen LogP contribution >= 0.6 is 0 Å². The standard InChI is InChI=1S/C15H23N3O/c1-15(2)11-17-14(19)13(8-9-16)18(15)10-12-6-4-3-5-7-12/h3-7,13H,8-11,16H2,1-2H3,(H,17,19). The van der Waals surface area contributed by atoms with Crippen molar-refractivity contribution in [1.29, 1.82) is 0 Å². The molecule has 0 radical (unpaired) electrons. The number of nitrogens with zero attached hydrogens (tertiary/aromatic N) is 1. The van der Waals surface area contributed by atoms with Crippen LogP contribution in [0.2, 0.25) is 0 Å². The summed E-state index contributed by atoms with van der Waals surface area (Å²) in [6, 6.07) is 10.1. The normalized spacial score (nSPS) is 23.1. The molecule has 1 heterocycles. The Bertz CT molecular complexity index is 430. The molecule has 104 valence electrons. The molecule has 4 nitrogen and oxygen atoms in total. The van der Waals surface area contributed by atoms with E-state index in [0.29, 0.717) is 19.5 Å². The molecule has 1 unspecified atom stereocenters. The third kappa shape index (κ3) is 3.14. The lowest BCUT2D eigenvalue weighted by Gasteiger charge is -2.47. The van der Waals surface area contributed by atoms with Crippen LogP contribution in [0.4, 0.5) is 0 Å². The van der Waals surface area contributed by atoms with Crippen molar-refractivity contribution in [1.82, 2.24) is 10.2 Å². The third-order valence-corrected chi connectivity index (χ3v) is 3.79. The fourth-order valence-corrected chi connectivity index (χ4v) is 2.64. The topological polar surface area (TPSA) is 58.4 Å². The van der Waals surface area contributed by atoms with Gasteiger partial charge in [-0.15, -0.1) is 0 Å². The number of benzene rings is 1. The van der Waals surface area contributed by atoms with Gasteiger partial charge in [-0.25, -0.2) is 0 Å². The first kappa shape index (κ1) is 14.0. The number of nitrogens with two attached hydrogens (primary N) is 1. The number of hydrogen-bond acceptors (Lipinski definition) is 3. The molecule has 1 saturated heterocycles. The van der Waals surface area contributed by atoms with Crippen LogP contribution in [0.25, 0.3) is 0 Å². The highest BCUT2D eigenvalue weighted by Crippen LogP contribution is 2.25. The van der Waals surface area contributed by atoms with E-state index in [4.69, 9.17) is 5.73 Å². The Balaban J connectivity index is 2.22. The fraction of sp³-hybridized carbons (Fsp3) is 0.533. The minimum Gasteiger partial charge on any atom is -0.353 e. The van der Waals surface area contributed by atoms with E-state index < -0.39 is 0 Å². The Morgan fingerprint density at radius 2 is 2.05 bits per heavy atom. The van der Waals surface area contributed by atoms with Crippen molar-refractivity contribution < 1.29 is 4.79 Å². The highest BCUT2D eigenvalue weighted by Gasteiger charge is 2.40. The Hall–Kier alpha value is -1.39. The highest BCUT2D eigenvalue weighted by atomic mass is 16.2. The van der Waals surface area contributed by atoms with Gasteiger partial charge in [0.2, 0.25) is 5.91 Å². The molecular weight excluding hydrogens is 238 g/mol.